The average Bonchev–Trinajstić information content (AvgIpc) is 2.93. The third-order valence-electron chi connectivity index (χ3n) is 6.03. The van der Waals surface area contributed by atoms with E-state index in [1.165, 1.54) is 12.1 Å². The molecule has 1 fully saturated rings. The van der Waals surface area contributed by atoms with E-state index >= 15 is 0 Å². The molecule has 1 N–H and O–H groups in total. The van der Waals surface area contributed by atoms with Gasteiger partial charge in [-0.15, -0.1) is 0 Å². The van der Waals surface area contributed by atoms with E-state index < -0.39 is 17.8 Å². The first-order valence-corrected chi connectivity index (χ1v) is 14.0. The largest absolute Gasteiger partial charge is 0.494 e. The zero-order valence-electron chi connectivity index (χ0n) is 23.3. The van der Waals surface area contributed by atoms with Crippen molar-refractivity contribution in [2.24, 2.45) is 0 Å². The predicted molar refractivity (Wildman–Crippen MR) is 159 cm³/mol. The number of amides is 4. The van der Waals surface area contributed by atoms with Crippen LogP contribution in [0.3, 0.4) is 0 Å². The molecule has 0 aliphatic carbocycles. The standard InChI is InChI=1S/C31H31BrN2O7/c1-5-38-22-12-13-26(39-6-2)25(17-22)34-30(36)23(29(35)33-31(34)37)14-21-15-24(32)28(27(16-21)40-7-3)41-18-20-10-8-19(4)9-11-20/h8-17H,5-7,18H2,1-4H3,(H,33,35,37)/b23-14+. The summed E-state index contributed by atoms with van der Waals surface area (Å²) in [5.74, 6) is 0.0385. The van der Waals surface area contributed by atoms with Gasteiger partial charge in [-0.3, -0.25) is 14.9 Å². The topological polar surface area (TPSA) is 103 Å². The molecule has 1 saturated heterocycles. The number of ether oxygens (including phenoxy) is 4. The van der Waals surface area contributed by atoms with E-state index in [1.54, 1.807) is 31.2 Å². The number of carbonyl (C=O) groups is 3. The minimum Gasteiger partial charge on any atom is -0.494 e. The Kier molecular flexibility index (Phi) is 9.67. The summed E-state index contributed by atoms with van der Waals surface area (Å²) in [5, 5.41) is 2.25. The number of barbiturate groups is 1. The third kappa shape index (κ3) is 6.89. The Hall–Kier alpha value is -4.31. The highest BCUT2D eigenvalue weighted by molar-refractivity contribution is 9.10. The lowest BCUT2D eigenvalue weighted by Crippen LogP contribution is -2.54. The number of benzene rings is 3. The van der Waals surface area contributed by atoms with E-state index in [0.717, 1.165) is 16.0 Å². The molecule has 4 rings (SSSR count). The second kappa shape index (κ2) is 13.4. The van der Waals surface area contributed by atoms with Gasteiger partial charge in [0, 0.05) is 6.07 Å². The first-order valence-electron chi connectivity index (χ1n) is 13.2. The van der Waals surface area contributed by atoms with Crippen molar-refractivity contribution in [2.75, 3.05) is 24.7 Å². The number of nitrogens with zero attached hydrogens (tertiary/aromatic N) is 1. The van der Waals surface area contributed by atoms with Gasteiger partial charge < -0.3 is 18.9 Å². The van der Waals surface area contributed by atoms with Crippen molar-refractivity contribution < 1.29 is 33.3 Å². The molecule has 0 atom stereocenters. The number of anilines is 1. The lowest BCUT2D eigenvalue weighted by molar-refractivity contribution is -0.122. The lowest BCUT2D eigenvalue weighted by Gasteiger charge is -2.28. The molecule has 3 aromatic carbocycles. The molecule has 0 saturated carbocycles. The highest BCUT2D eigenvalue weighted by atomic mass is 79.9. The van der Waals surface area contributed by atoms with Crippen molar-refractivity contribution in [1.82, 2.24) is 5.32 Å². The van der Waals surface area contributed by atoms with E-state index in [9.17, 15) is 14.4 Å². The molecule has 1 aliphatic rings. The minimum absolute atomic E-state index is 0.162. The van der Waals surface area contributed by atoms with Gasteiger partial charge in [0.2, 0.25) is 0 Å². The van der Waals surface area contributed by atoms with Crippen LogP contribution >= 0.6 is 15.9 Å². The Morgan fingerprint density at radius 3 is 2.20 bits per heavy atom. The number of hydrogen-bond donors (Lipinski definition) is 1. The Labute approximate surface area is 247 Å². The number of aryl methyl sites for hydroxylation is 1. The van der Waals surface area contributed by atoms with Crippen LogP contribution in [0.25, 0.3) is 6.08 Å². The second-order valence-electron chi connectivity index (χ2n) is 8.99. The fourth-order valence-electron chi connectivity index (χ4n) is 4.16. The van der Waals surface area contributed by atoms with Crippen LogP contribution in [-0.2, 0) is 16.2 Å². The van der Waals surface area contributed by atoms with Gasteiger partial charge in [0.15, 0.2) is 11.5 Å². The Bertz CT molecular complexity index is 1480. The fourth-order valence-corrected chi connectivity index (χ4v) is 4.74. The van der Waals surface area contributed by atoms with Gasteiger partial charge in [0.05, 0.1) is 30.0 Å². The summed E-state index contributed by atoms with van der Waals surface area (Å²) in [4.78, 5) is 40.2. The summed E-state index contributed by atoms with van der Waals surface area (Å²) >= 11 is 3.54. The smallest absolute Gasteiger partial charge is 0.336 e. The number of urea groups is 1. The summed E-state index contributed by atoms with van der Waals surface area (Å²) in [6.07, 6.45) is 1.40. The minimum atomic E-state index is -0.886. The maximum atomic E-state index is 13.6. The zero-order chi connectivity index (χ0) is 29.5. The van der Waals surface area contributed by atoms with Crippen molar-refractivity contribution in [3.63, 3.8) is 0 Å². The van der Waals surface area contributed by atoms with Crippen molar-refractivity contribution in [2.45, 2.75) is 34.3 Å². The normalized spacial score (nSPS) is 14.2. The van der Waals surface area contributed by atoms with Crippen molar-refractivity contribution in [3.05, 3.63) is 81.3 Å². The molecular formula is C31H31BrN2O7. The van der Waals surface area contributed by atoms with Crippen molar-refractivity contribution >= 4 is 45.5 Å². The molecule has 0 bridgehead atoms. The van der Waals surface area contributed by atoms with E-state index in [-0.39, 0.29) is 11.3 Å². The molecule has 4 amide bonds. The molecule has 1 aliphatic heterocycles. The highest BCUT2D eigenvalue weighted by Crippen LogP contribution is 2.39. The molecule has 0 aromatic heterocycles. The molecule has 214 valence electrons. The summed E-state index contributed by atoms with van der Waals surface area (Å²) in [6.45, 7) is 8.85. The van der Waals surface area contributed by atoms with Gasteiger partial charge >= 0.3 is 6.03 Å². The van der Waals surface area contributed by atoms with Crippen LogP contribution in [0.2, 0.25) is 0 Å². The number of carbonyl (C=O) groups excluding carboxylic acids is 3. The monoisotopic (exact) mass is 622 g/mol. The molecule has 1 heterocycles. The predicted octanol–water partition coefficient (Wildman–Crippen LogP) is 6.20. The summed E-state index contributed by atoms with van der Waals surface area (Å²) < 4.78 is 23.7. The van der Waals surface area contributed by atoms with E-state index in [0.29, 0.717) is 59.5 Å². The van der Waals surface area contributed by atoms with E-state index in [2.05, 4.69) is 21.2 Å². The molecule has 0 radical (unpaired) electrons. The molecule has 41 heavy (non-hydrogen) atoms. The van der Waals surface area contributed by atoms with Crippen LogP contribution in [0.15, 0.2) is 64.6 Å². The molecule has 0 spiro atoms. The van der Waals surface area contributed by atoms with Crippen LogP contribution in [0.4, 0.5) is 10.5 Å². The highest BCUT2D eigenvalue weighted by Gasteiger charge is 2.38. The SMILES string of the molecule is CCOc1ccc(OCC)c(N2C(=O)NC(=O)/C(=C\c3cc(Br)c(OCc4ccc(C)cc4)c(OCC)c3)C2=O)c1. The second-order valence-corrected chi connectivity index (χ2v) is 9.85. The van der Waals surface area contributed by atoms with Crippen LogP contribution in [0.1, 0.15) is 37.5 Å². The van der Waals surface area contributed by atoms with Gasteiger partial charge in [0.1, 0.15) is 23.7 Å². The van der Waals surface area contributed by atoms with Crippen LogP contribution in [0.5, 0.6) is 23.0 Å². The molecule has 0 unspecified atom stereocenters. The van der Waals surface area contributed by atoms with Gasteiger partial charge in [-0.25, -0.2) is 9.69 Å². The quantitative estimate of drug-likeness (QED) is 0.201. The average molecular weight is 624 g/mol. The molecule has 10 heteroatoms. The van der Waals surface area contributed by atoms with Crippen molar-refractivity contribution in [3.8, 4) is 23.0 Å². The van der Waals surface area contributed by atoms with Gasteiger partial charge in [-0.1, -0.05) is 29.8 Å². The molecular weight excluding hydrogens is 592 g/mol. The van der Waals surface area contributed by atoms with Gasteiger partial charge in [0.25, 0.3) is 11.8 Å². The Balaban J connectivity index is 1.69. The van der Waals surface area contributed by atoms with Crippen LogP contribution in [0, 0.1) is 6.92 Å². The van der Waals surface area contributed by atoms with Crippen LogP contribution < -0.4 is 29.2 Å². The number of halogens is 1. The lowest BCUT2D eigenvalue weighted by atomic mass is 10.1. The van der Waals surface area contributed by atoms with E-state index in [4.69, 9.17) is 18.9 Å². The molecule has 3 aromatic rings. The van der Waals surface area contributed by atoms with Gasteiger partial charge in [-0.2, -0.15) is 0 Å². The van der Waals surface area contributed by atoms with E-state index in [1.807, 2.05) is 45.0 Å². The van der Waals surface area contributed by atoms with Gasteiger partial charge in [-0.05, 0) is 85.1 Å². The summed E-state index contributed by atoms with van der Waals surface area (Å²) in [7, 11) is 0. The van der Waals surface area contributed by atoms with Crippen LogP contribution in [-0.4, -0.2) is 37.7 Å². The third-order valence-corrected chi connectivity index (χ3v) is 6.62. The summed E-state index contributed by atoms with van der Waals surface area (Å²) in [6, 6.07) is 15.3. The number of imide groups is 2. The Morgan fingerprint density at radius 2 is 1.51 bits per heavy atom. The first-order chi connectivity index (χ1) is 19.7. The number of nitrogens with one attached hydrogen (secondary N) is 1. The molecule has 9 nitrogen and oxygen atoms in total. The zero-order valence-corrected chi connectivity index (χ0v) is 24.9. The Morgan fingerprint density at radius 1 is 0.829 bits per heavy atom. The van der Waals surface area contributed by atoms with Crippen molar-refractivity contribution in [1.29, 1.82) is 0 Å². The maximum absolute atomic E-state index is 13.6. The number of hydrogen-bond acceptors (Lipinski definition) is 7. The first kappa shape index (κ1) is 29.7. The maximum Gasteiger partial charge on any atom is 0.336 e. The number of rotatable bonds is 11. The summed E-state index contributed by atoms with van der Waals surface area (Å²) in [5.41, 5.74) is 2.56. The fraction of sp³-hybridized carbons (Fsp3) is 0.258.